The van der Waals surface area contributed by atoms with E-state index in [0.29, 0.717) is 12.5 Å². The molecule has 2 amide bonds. The third kappa shape index (κ3) is 4.95. The van der Waals surface area contributed by atoms with Crippen LogP contribution in [0.4, 0.5) is 0 Å². The minimum absolute atomic E-state index is 0.0155. The average molecular weight is 386 g/mol. The van der Waals surface area contributed by atoms with Crippen LogP contribution in [0.1, 0.15) is 57.9 Å². The van der Waals surface area contributed by atoms with Gasteiger partial charge in [-0.1, -0.05) is 6.07 Å². The summed E-state index contributed by atoms with van der Waals surface area (Å²) in [6, 6.07) is 5.94. The van der Waals surface area contributed by atoms with Crippen molar-refractivity contribution in [3.8, 4) is 0 Å². The number of benzene rings is 1. The highest BCUT2D eigenvalue weighted by molar-refractivity contribution is 7.09. The van der Waals surface area contributed by atoms with E-state index in [1.165, 1.54) is 12.5 Å². The molecule has 1 fully saturated rings. The molecule has 1 unspecified atom stereocenters. The summed E-state index contributed by atoms with van der Waals surface area (Å²) < 4.78 is 0. The van der Waals surface area contributed by atoms with E-state index >= 15 is 0 Å². The number of carbonyl (C=O) groups excluding carboxylic acids is 2. The van der Waals surface area contributed by atoms with Gasteiger partial charge in [0.05, 0.1) is 10.7 Å². The molecule has 2 heterocycles. The lowest BCUT2D eigenvalue weighted by molar-refractivity contribution is -0.118. The Labute approximate surface area is 164 Å². The average Bonchev–Trinajstić information content (AvgIpc) is 3.12. The molecule has 0 bridgehead atoms. The van der Waals surface area contributed by atoms with E-state index in [9.17, 15) is 9.59 Å². The first-order valence-corrected chi connectivity index (χ1v) is 10.4. The summed E-state index contributed by atoms with van der Waals surface area (Å²) in [6.45, 7) is 7.78. The number of rotatable bonds is 5. The summed E-state index contributed by atoms with van der Waals surface area (Å²) in [5.41, 5.74) is 4.14. The molecule has 1 atom stereocenters. The zero-order chi connectivity index (χ0) is 19.4. The number of carbonyl (C=O) groups is 2. The van der Waals surface area contributed by atoms with E-state index in [1.807, 2.05) is 30.0 Å². The number of thiazole rings is 1. The van der Waals surface area contributed by atoms with Gasteiger partial charge in [0.2, 0.25) is 5.91 Å². The van der Waals surface area contributed by atoms with Crippen LogP contribution in [-0.2, 0) is 11.2 Å². The van der Waals surface area contributed by atoms with Gasteiger partial charge in [-0.2, -0.15) is 0 Å². The van der Waals surface area contributed by atoms with E-state index < -0.39 is 0 Å². The van der Waals surface area contributed by atoms with Crippen LogP contribution < -0.4 is 5.32 Å². The standard InChI is InChI=1S/C21H27N3O2S/c1-14-6-7-17(11-15(14)2)21(26)24-10-4-5-18(12-24)20-23-19(13-27-20)8-9-22-16(3)25/h6-7,11,13,18H,4-5,8-10,12H2,1-3H3,(H,22,25). The summed E-state index contributed by atoms with van der Waals surface area (Å²) in [6.07, 6.45) is 2.81. The van der Waals surface area contributed by atoms with Gasteiger partial charge in [-0.05, 0) is 49.9 Å². The minimum atomic E-state index is -0.0155. The van der Waals surface area contributed by atoms with Crippen LogP contribution in [0, 0.1) is 13.8 Å². The number of piperidine rings is 1. The first-order valence-electron chi connectivity index (χ1n) is 9.49. The molecule has 1 aromatic carbocycles. The van der Waals surface area contributed by atoms with Crippen LogP contribution in [-0.4, -0.2) is 41.3 Å². The molecule has 1 aliphatic rings. The van der Waals surface area contributed by atoms with E-state index in [2.05, 4.69) is 17.6 Å². The zero-order valence-electron chi connectivity index (χ0n) is 16.2. The third-order valence-corrected chi connectivity index (χ3v) is 6.19. The Bertz CT molecular complexity index is 831. The maximum atomic E-state index is 12.9. The lowest BCUT2D eigenvalue weighted by Gasteiger charge is -2.32. The first-order chi connectivity index (χ1) is 12.9. The van der Waals surface area contributed by atoms with Crippen molar-refractivity contribution in [2.45, 2.75) is 46.0 Å². The summed E-state index contributed by atoms with van der Waals surface area (Å²) in [4.78, 5) is 30.6. The quantitative estimate of drug-likeness (QED) is 0.857. The molecule has 6 heteroatoms. The Balaban J connectivity index is 1.63. The van der Waals surface area contributed by atoms with Crippen LogP contribution in [0.2, 0.25) is 0 Å². The van der Waals surface area contributed by atoms with Gasteiger partial charge in [-0.3, -0.25) is 9.59 Å². The molecule has 1 aromatic heterocycles. The maximum Gasteiger partial charge on any atom is 0.253 e. The summed E-state index contributed by atoms with van der Waals surface area (Å²) in [7, 11) is 0. The van der Waals surface area contributed by atoms with Crippen molar-refractivity contribution in [2.24, 2.45) is 0 Å². The molecule has 0 saturated carbocycles. The Kier molecular flexibility index (Phi) is 6.26. The summed E-state index contributed by atoms with van der Waals surface area (Å²) in [5, 5.41) is 5.98. The normalized spacial score (nSPS) is 17.0. The number of nitrogens with one attached hydrogen (secondary N) is 1. The molecular weight excluding hydrogens is 358 g/mol. The number of nitrogens with zero attached hydrogens (tertiary/aromatic N) is 2. The molecule has 3 rings (SSSR count). The van der Waals surface area contributed by atoms with Gasteiger partial charge in [0.25, 0.3) is 5.91 Å². The number of aryl methyl sites for hydroxylation is 2. The fourth-order valence-corrected chi connectivity index (χ4v) is 4.39. The van der Waals surface area contributed by atoms with Crippen molar-refractivity contribution in [3.63, 3.8) is 0 Å². The Morgan fingerprint density at radius 2 is 2.11 bits per heavy atom. The van der Waals surface area contributed by atoms with Crippen LogP contribution >= 0.6 is 11.3 Å². The Morgan fingerprint density at radius 3 is 2.85 bits per heavy atom. The van der Waals surface area contributed by atoms with Crippen molar-refractivity contribution in [2.75, 3.05) is 19.6 Å². The Morgan fingerprint density at radius 1 is 1.30 bits per heavy atom. The second-order valence-corrected chi connectivity index (χ2v) is 8.19. The largest absolute Gasteiger partial charge is 0.356 e. The van der Waals surface area contributed by atoms with Crippen molar-refractivity contribution >= 4 is 23.2 Å². The number of aromatic nitrogens is 1. The minimum Gasteiger partial charge on any atom is -0.356 e. The van der Waals surface area contributed by atoms with Gasteiger partial charge >= 0.3 is 0 Å². The second-order valence-electron chi connectivity index (χ2n) is 7.30. The SMILES string of the molecule is CC(=O)NCCc1csc(C2CCCN(C(=O)c3ccc(C)c(C)c3)C2)n1. The highest BCUT2D eigenvalue weighted by Gasteiger charge is 2.27. The van der Waals surface area contributed by atoms with Crippen molar-refractivity contribution < 1.29 is 9.59 Å². The van der Waals surface area contributed by atoms with Gasteiger partial charge in [-0.15, -0.1) is 11.3 Å². The van der Waals surface area contributed by atoms with E-state index in [0.717, 1.165) is 54.2 Å². The van der Waals surface area contributed by atoms with Crippen molar-refractivity contribution in [1.82, 2.24) is 15.2 Å². The number of amides is 2. The van der Waals surface area contributed by atoms with Crippen molar-refractivity contribution in [3.05, 3.63) is 51.0 Å². The van der Waals surface area contributed by atoms with E-state index in [1.54, 1.807) is 11.3 Å². The van der Waals surface area contributed by atoms with Crippen molar-refractivity contribution in [1.29, 1.82) is 0 Å². The first kappa shape index (κ1) is 19.5. The molecule has 0 aliphatic carbocycles. The van der Waals surface area contributed by atoms with Gasteiger partial charge < -0.3 is 10.2 Å². The summed E-state index contributed by atoms with van der Waals surface area (Å²) >= 11 is 1.67. The monoisotopic (exact) mass is 385 g/mol. The Hall–Kier alpha value is -2.21. The van der Waals surface area contributed by atoms with Gasteiger partial charge in [0.1, 0.15) is 0 Å². The molecule has 1 aliphatic heterocycles. The smallest absolute Gasteiger partial charge is 0.253 e. The van der Waals surface area contributed by atoms with Gasteiger partial charge in [0, 0.05) is 49.8 Å². The van der Waals surface area contributed by atoms with Crippen LogP contribution in [0.25, 0.3) is 0 Å². The number of hydrogen-bond acceptors (Lipinski definition) is 4. The molecule has 1 saturated heterocycles. The predicted octanol–water partition coefficient (Wildman–Crippen LogP) is 3.46. The molecular formula is C21H27N3O2S. The lowest BCUT2D eigenvalue weighted by atomic mass is 9.97. The molecule has 0 radical (unpaired) electrons. The van der Waals surface area contributed by atoms with Crippen LogP contribution in [0.3, 0.4) is 0 Å². The van der Waals surface area contributed by atoms with E-state index in [4.69, 9.17) is 4.98 Å². The van der Waals surface area contributed by atoms with Crippen LogP contribution in [0.15, 0.2) is 23.6 Å². The zero-order valence-corrected chi connectivity index (χ0v) is 17.1. The molecule has 2 aromatic rings. The molecule has 0 spiro atoms. The predicted molar refractivity (Wildman–Crippen MR) is 108 cm³/mol. The second kappa shape index (κ2) is 8.65. The molecule has 27 heavy (non-hydrogen) atoms. The molecule has 1 N–H and O–H groups in total. The maximum absolute atomic E-state index is 12.9. The third-order valence-electron chi connectivity index (χ3n) is 5.14. The number of hydrogen-bond donors (Lipinski definition) is 1. The fraction of sp³-hybridized carbons (Fsp3) is 0.476. The number of likely N-dealkylation sites (tertiary alicyclic amines) is 1. The van der Waals surface area contributed by atoms with Gasteiger partial charge in [0.15, 0.2) is 0 Å². The summed E-state index contributed by atoms with van der Waals surface area (Å²) in [5.74, 6) is 0.400. The van der Waals surface area contributed by atoms with Gasteiger partial charge in [-0.25, -0.2) is 4.98 Å². The van der Waals surface area contributed by atoms with Crippen LogP contribution in [0.5, 0.6) is 0 Å². The lowest BCUT2D eigenvalue weighted by Crippen LogP contribution is -2.39. The molecule has 5 nitrogen and oxygen atoms in total. The highest BCUT2D eigenvalue weighted by Crippen LogP contribution is 2.30. The topological polar surface area (TPSA) is 62.3 Å². The highest BCUT2D eigenvalue weighted by atomic mass is 32.1. The fourth-order valence-electron chi connectivity index (χ4n) is 3.41. The van der Waals surface area contributed by atoms with E-state index in [-0.39, 0.29) is 11.8 Å². The molecule has 144 valence electrons.